The molecule has 2 aromatic rings. The number of Topliss-reactive ketones (excluding diaryl/α,β-unsaturated/α-hetero) is 1. The van der Waals surface area contributed by atoms with E-state index in [-0.39, 0.29) is 36.6 Å². The molecule has 49 heavy (non-hydrogen) atoms. The predicted octanol–water partition coefficient (Wildman–Crippen LogP) is 9.49. The molecule has 270 valence electrons. The second-order valence-corrected chi connectivity index (χ2v) is 14.8. The van der Waals surface area contributed by atoms with Gasteiger partial charge >= 0.3 is 11.9 Å². The molecule has 1 saturated carbocycles. The van der Waals surface area contributed by atoms with Crippen LogP contribution in [0.5, 0.6) is 11.5 Å². The Balaban J connectivity index is 1.74. The van der Waals surface area contributed by atoms with Gasteiger partial charge in [0.2, 0.25) is 11.9 Å². The van der Waals surface area contributed by atoms with Crippen molar-refractivity contribution in [2.24, 2.45) is 11.8 Å². The van der Waals surface area contributed by atoms with Crippen LogP contribution in [-0.2, 0) is 40.0 Å². The minimum absolute atomic E-state index is 0.150. The highest BCUT2D eigenvalue weighted by Crippen LogP contribution is 2.47. The molecular formula is C41H57ClO7. The maximum Gasteiger partial charge on any atom is 0.321 e. The van der Waals surface area contributed by atoms with E-state index in [4.69, 9.17) is 30.9 Å². The Labute approximate surface area is 298 Å². The third-order valence-corrected chi connectivity index (χ3v) is 10.7. The van der Waals surface area contributed by atoms with Crippen LogP contribution in [0.2, 0.25) is 0 Å². The minimum Gasteiger partial charge on any atom is -0.493 e. The lowest BCUT2D eigenvalue weighted by atomic mass is 9.74. The Hall–Kier alpha value is -3.06. The summed E-state index contributed by atoms with van der Waals surface area (Å²) in [6.07, 6.45) is 11.6. The van der Waals surface area contributed by atoms with Crippen molar-refractivity contribution < 1.29 is 33.7 Å². The first-order chi connectivity index (χ1) is 23.6. The number of rotatable bonds is 18. The molecule has 3 atom stereocenters. The highest BCUT2D eigenvalue weighted by Gasteiger charge is 2.55. The van der Waals surface area contributed by atoms with Crippen LogP contribution in [-0.4, -0.2) is 46.5 Å². The molecule has 1 N–H and O–H groups in total. The molecule has 1 fully saturated rings. The van der Waals surface area contributed by atoms with E-state index in [9.17, 15) is 14.4 Å². The molecule has 0 aromatic heterocycles. The highest BCUT2D eigenvalue weighted by atomic mass is 35.5. The number of benzene rings is 2. The van der Waals surface area contributed by atoms with Crippen LogP contribution in [0.15, 0.2) is 30.3 Å². The first kappa shape index (κ1) is 38.7. The molecule has 8 heteroatoms. The van der Waals surface area contributed by atoms with Crippen LogP contribution in [0, 0.1) is 11.8 Å². The molecule has 2 aromatic carbocycles. The number of hydrogen-bond acceptors (Lipinski definition) is 6. The summed E-state index contributed by atoms with van der Waals surface area (Å²) in [7, 11) is 0. The zero-order valence-corrected chi connectivity index (χ0v) is 31.0. The fourth-order valence-electron chi connectivity index (χ4n) is 7.41. The Morgan fingerprint density at radius 3 is 2.20 bits per heavy atom. The average molecular weight is 697 g/mol. The maximum absolute atomic E-state index is 15.0. The topological polar surface area (TPSA) is 99.1 Å². The summed E-state index contributed by atoms with van der Waals surface area (Å²) in [6.45, 7) is 10.8. The fraction of sp³-hybridized carbons (Fsp3) is 0.634. The van der Waals surface area contributed by atoms with Crippen LogP contribution < -0.4 is 9.47 Å². The maximum atomic E-state index is 15.0. The standard InChI is InChI=1S/C41H57ClO7/c1-6-9-15-30-26-31(16-10-7-2)35-36(43)38(48-40(46)29-17-12-11-13-18-29)41(27(4)5,49-37(35)33(30)14-8-3)23-24-47-32-21-19-28(20-22-32)25-34(42)39(44)45/h19-22,26-27,29,34,38H,6-18,23-25H2,1-5H3,(H,44,45). The number of ketones is 1. The van der Waals surface area contributed by atoms with Crippen LogP contribution in [0.4, 0.5) is 0 Å². The number of aryl methyl sites for hydroxylation is 2. The van der Waals surface area contributed by atoms with E-state index in [0.717, 1.165) is 100 Å². The first-order valence-electron chi connectivity index (χ1n) is 18.8. The molecule has 0 saturated heterocycles. The van der Waals surface area contributed by atoms with E-state index in [2.05, 4.69) is 26.8 Å². The molecule has 0 radical (unpaired) electrons. The van der Waals surface area contributed by atoms with Gasteiger partial charge in [-0.1, -0.05) is 91.3 Å². The van der Waals surface area contributed by atoms with E-state index in [1.807, 2.05) is 26.0 Å². The lowest BCUT2D eigenvalue weighted by Gasteiger charge is -2.47. The Morgan fingerprint density at radius 2 is 1.61 bits per heavy atom. The van der Waals surface area contributed by atoms with Gasteiger partial charge in [-0.2, -0.15) is 0 Å². The predicted molar refractivity (Wildman–Crippen MR) is 194 cm³/mol. The normalized spacial score (nSPS) is 20.1. The van der Waals surface area contributed by atoms with Gasteiger partial charge in [-0.05, 0) is 91.7 Å². The zero-order valence-electron chi connectivity index (χ0n) is 30.3. The van der Waals surface area contributed by atoms with Crippen molar-refractivity contribution in [3.05, 3.63) is 58.1 Å². The third-order valence-electron chi connectivity index (χ3n) is 10.4. The summed E-state index contributed by atoms with van der Waals surface area (Å²) in [5.74, 6) is -0.592. The van der Waals surface area contributed by atoms with Crippen molar-refractivity contribution in [1.29, 1.82) is 0 Å². The van der Waals surface area contributed by atoms with E-state index < -0.39 is 23.1 Å². The molecule has 1 aliphatic heterocycles. The van der Waals surface area contributed by atoms with Gasteiger partial charge < -0.3 is 19.3 Å². The van der Waals surface area contributed by atoms with E-state index in [1.165, 1.54) is 5.56 Å². The van der Waals surface area contributed by atoms with E-state index in [1.54, 1.807) is 12.1 Å². The van der Waals surface area contributed by atoms with Crippen LogP contribution >= 0.6 is 11.6 Å². The molecule has 3 unspecified atom stereocenters. The number of carboxylic acids is 1. The van der Waals surface area contributed by atoms with Gasteiger partial charge in [0.25, 0.3) is 0 Å². The summed E-state index contributed by atoms with van der Waals surface area (Å²) < 4.78 is 19.9. The van der Waals surface area contributed by atoms with Gasteiger partial charge in [-0.15, -0.1) is 11.6 Å². The quantitative estimate of drug-likeness (QED) is 0.122. The second kappa shape index (κ2) is 18.3. The average Bonchev–Trinajstić information content (AvgIpc) is 3.09. The zero-order chi connectivity index (χ0) is 35.6. The summed E-state index contributed by atoms with van der Waals surface area (Å²) in [5, 5.41) is 8.16. The van der Waals surface area contributed by atoms with Crippen LogP contribution in [0.25, 0.3) is 0 Å². The summed E-state index contributed by atoms with van der Waals surface area (Å²) in [6, 6.07) is 9.46. The Morgan fingerprint density at radius 1 is 0.959 bits per heavy atom. The number of fused-ring (bicyclic) bond motifs is 1. The van der Waals surface area contributed by atoms with Gasteiger partial charge in [-0.3, -0.25) is 14.4 Å². The molecule has 2 aliphatic rings. The molecule has 4 rings (SSSR count). The van der Waals surface area contributed by atoms with Crippen molar-refractivity contribution in [1.82, 2.24) is 0 Å². The van der Waals surface area contributed by atoms with Crippen LogP contribution in [0.3, 0.4) is 0 Å². The van der Waals surface area contributed by atoms with Crippen molar-refractivity contribution in [3.63, 3.8) is 0 Å². The summed E-state index contributed by atoms with van der Waals surface area (Å²) in [4.78, 5) is 39.9. The molecule has 1 heterocycles. The lowest BCUT2D eigenvalue weighted by Crippen LogP contribution is -2.61. The molecule has 1 aliphatic carbocycles. The molecule has 0 spiro atoms. The molecule has 0 bridgehead atoms. The first-order valence-corrected chi connectivity index (χ1v) is 19.2. The van der Waals surface area contributed by atoms with Gasteiger partial charge in [-0.25, -0.2) is 0 Å². The third kappa shape index (κ3) is 9.39. The van der Waals surface area contributed by atoms with Gasteiger partial charge in [0.15, 0.2) is 5.60 Å². The largest absolute Gasteiger partial charge is 0.493 e. The summed E-state index contributed by atoms with van der Waals surface area (Å²) >= 11 is 5.94. The van der Waals surface area contributed by atoms with Gasteiger partial charge in [0, 0.05) is 6.42 Å². The van der Waals surface area contributed by atoms with Gasteiger partial charge in [0.05, 0.1) is 18.1 Å². The number of hydrogen-bond donors (Lipinski definition) is 1. The van der Waals surface area contributed by atoms with Crippen molar-refractivity contribution in [3.8, 4) is 11.5 Å². The second-order valence-electron chi connectivity index (χ2n) is 14.3. The van der Waals surface area contributed by atoms with Crippen LogP contribution in [0.1, 0.15) is 138 Å². The van der Waals surface area contributed by atoms with E-state index in [0.29, 0.717) is 23.5 Å². The summed E-state index contributed by atoms with van der Waals surface area (Å²) in [5.41, 5.74) is 3.64. The smallest absolute Gasteiger partial charge is 0.321 e. The molecular weight excluding hydrogens is 640 g/mol. The number of halogens is 1. The highest BCUT2D eigenvalue weighted by molar-refractivity contribution is 6.29. The van der Waals surface area contributed by atoms with Crippen molar-refractivity contribution >= 4 is 29.3 Å². The number of carbonyl (C=O) groups is 3. The molecule has 0 amide bonds. The number of carboxylic acid groups (broad SMARTS) is 1. The molecule has 7 nitrogen and oxygen atoms in total. The van der Waals surface area contributed by atoms with Crippen molar-refractivity contribution in [2.75, 3.05) is 6.61 Å². The number of unbranched alkanes of at least 4 members (excludes halogenated alkanes) is 2. The number of aliphatic carboxylic acids is 1. The number of ether oxygens (including phenoxy) is 3. The fourth-order valence-corrected chi connectivity index (χ4v) is 7.59. The lowest BCUT2D eigenvalue weighted by molar-refractivity contribution is -0.169. The minimum atomic E-state index is -1.13. The number of alkyl halides is 1. The van der Waals surface area contributed by atoms with E-state index >= 15 is 0 Å². The number of carbonyl (C=O) groups excluding carboxylic acids is 2. The van der Waals surface area contributed by atoms with Crippen molar-refractivity contribution in [2.45, 2.75) is 148 Å². The van der Waals surface area contributed by atoms with Gasteiger partial charge in [0.1, 0.15) is 16.9 Å². The monoisotopic (exact) mass is 696 g/mol. The Bertz CT molecular complexity index is 1410. The number of esters is 1. The SMILES string of the molecule is CCCCc1cc(CCCC)c2c(c1CCC)OC(CCOc1ccc(CC(Cl)C(=O)O)cc1)(C(C)C)C(OC(=O)C1CCCCC1)C2=O. The Kier molecular flexibility index (Phi) is 14.4.